The number of nitrogens with one attached hydrogen (secondary N) is 1. The van der Waals surface area contributed by atoms with Crippen molar-refractivity contribution in [1.29, 1.82) is 0 Å². The van der Waals surface area contributed by atoms with Crippen molar-refractivity contribution < 1.29 is 9.59 Å². The maximum absolute atomic E-state index is 12.8. The number of rotatable bonds is 4. The van der Waals surface area contributed by atoms with E-state index in [0.29, 0.717) is 16.8 Å². The smallest absolute Gasteiger partial charge is 0.266 e. The summed E-state index contributed by atoms with van der Waals surface area (Å²) < 4.78 is 1.01. The molecule has 1 aromatic heterocycles. The molecule has 0 spiro atoms. The molecule has 7 heteroatoms. The fourth-order valence-electron chi connectivity index (χ4n) is 3.35. The number of imide groups is 1. The van der Waals surface area contributed by atoms with E-state index < -0.39 is 0 Å². The number of thiazole rings is 1. The van der Waals surface area contributed by atoms with Crippen LogP contribution in [0.4, 0.5) is 16.5 Å². The molecular weight excluding hydrogens is 462 g/mol. The monoisotopic (exact) mass is 475 g/mol. The number of hydrogen-bond donors (Lipinski definition) is 1. The largest absolute Gasteiger partial charge is 0.332 e. The van der Waals surface area contributed by atoms with Gasteiger partial charge in [0.25, 0.3) is 11.8 Å². The van der Waals surface area contributed by atoms with E-state index in [2.05, 4.69) is 26.2 Å². The molecule has 3 aromatic carbocycles. The third kappa shape index (κ3) is 3.32. The zero-order valence-electron chi connectivity index (χ0n) is 15.5. The van der Waals surface area contributed by atoms with Gasteiger partial charge in [-0.1, -0.05) is 40.2 Å². The molecule has 1 aliphatic rings. The normalized spacial score (nSPS) is 12.9. The summed E-state index contributed by atoms with van der Waals surface area (Å²) in [6, 6.07) is 22.1. The molecule has 0 aliphatic carbocycles. The summed E-state index contributed by atoms with van der Waals surface area (Å²) in [7, 11) is 0. The van der Waals surface area contributed by atoms with E-state index in [1.54, 1.807) is 30.3 Å². The minimum Gasteiger partial charge on any atom is -0.332 e. The Labute approximate surface area is 185 Å². The van der Waals surface area contributed by atoms with Crippen LogP contribution in [-0.2, 0) is 0 Å². The quantitative estimate of drug-likeness (QED) is 0.361. The van der Waals surface area contributed by atoms with Gasteiger partial charge in [0.05, 0.1) is 22.5 Å². The molecule has 0 unspecified atom stereocenters. The van der Waals surface area contributed by atoms with Crippen molar-refractivity contribution >= 4 is 55.6 Å². The van der Waals surface area contributed by atoms with E-state index >= 15 is 0 Å². The Morgan fingerprint density at radius 3 is 2.27 bits per heavy atom. The highest BCUT2D eigenvalue weighted by Gasteiger charge is 2.36. The van der Waals surface area contributed by atoms with E-state index in [-0.39, 0.29) is 11.8 Å². The lowest BCUT2D eigenvalue weighted by Gasteiger charge is -2.14. The highest BCUT2D eigenvalue weighted by Crippen LogP contribution is 2.33. The van der Waals surface area contributed by atoms with Gasteiger partial charge in [-0.2, -0.15) is 0 Å². The molecule has 1 N–H and O–H groups in total. The summed E-state index contributed by atoms with van der Waals surface area (Å²) in [6.07, 6.45) is 0. The van der Waals surface area contributed by atoms with Gasteiger partial charge in [-0.05, 0) is 48.5 Å². The molecule has 0 saturated heterocycles. The molecule has 0 radical (unpaired) electrons. The molecular formula is C23H14BrN3O2S. The maximum Gasteiger partial charge on any atom is 0.266 e. The first-order chi connectivity index (χ1) is 14.6. The average molecular weight is 476 g/mol. The summed E-state index contributed by atoms with van der Waals surface area (Å²) in [4.78, 5) is 31.4. The second kappa shape index (κ2) is 7.51. The van der Waals surface area contributed by atoms with Gasteiger partial charge in [-0.25, -0.2) is 9.88 Å². The zero-order chi connectivity index (χ0) is 20.7. The second-order valence-electron chi connectivity index (χ2n) is 6.71. The van der Waals surface area contributed by atoms with Crippen LogP contribution in [-0.4, -0.2) is 16.8 Å². The van der Waals surface area contributed by atoms with Crippen LogP contribution < -0.4 is 10.2 Å². The summed E-state index contributed by atoms with van der Waals surface area (Å²) in [5, 5.41) is 5.99. The zero-order valence-corrected chi connectivity index (χ0v) is 17.9. The summed E-state index contributed by atoms with van der Waals surface area (Å²) in [6.45, 7) is 0. The van der Waals surface area contributed by atoms with Crippen LogP contribution in [0.25, 0.3) is 11.3 Å². The second-order valence-corrected chi connectivity index (χ2v) is 8.49. The van der Waals surface area contributed by atoms with Crippen LogP contribution in [0.15, 0.2) is 82.6 Å². The Kier molecular flexibility index (Phi) is 4.69. The Bertz CT molecular complexity index is 1250. The minimum atomic E-state index is -0.302. The molecule has 2 heterocycles. The number of carbonyl (C=O) groups is 2. The first-order valence-electron chi connectivity index (χ1n) is 9.16. The first-order valence-corrected chi connectivity index (χ1v) is 10.8. The third-order valence-corrected chi connectivity index (χ3v) is 6.08. The molecule has 0 bridgehead atoms. The summed E-state index contributed by atoms with van der Waals surface area (Å²) in [5.74, 6) is -0.604. The van der Waals surface area contributed by atoms with Gasteiger partial charge in [0, 0.05) is 21.1 Å². The van der Waals surface area contributed by atoms with Gasteiger partial charge in [-0.15, -0.1) is 11.3 Å². The maximum atomic E-state index is 12.8. The van der Waals surface area contributed by atoms with Crippen molar-refractivity contribution in [2.45, 2.75) is 0 Å². The van der Waals surface area contributed by atoms with Gasteiger partial charge in [-0.3, -0.25) is 9.59 Å². The van der Waals surface area contributed by atoms with Crippen LogP contribution in [0.2, 0.25) is 0 Å². The van der Waals surface area contributed by atoms with Crippen LogP contribution >= 0.6 is 27.3 Å². The number of halogens is 1. The van der Waals surface area contributed by atoms with Gasteiger partial charge in [0.2, 0.25) is 0 Å². The molecule has 146 valence electrons. The number of hydrogen-bond acceptors (Lipinski definition) is 5. The van der Waals surface area contributed by atoms with Crippen LogP contribution in [0.5, 0.6) is 0 Å². The molecule has 5 nitrogen and oxygen atoms in total. The number of nitrogens with zero attached hydrogens (tertiary/aromatic N) is 2. The molecule has 30 heavy (non-hydrogen) atoms. The molecule has 0 saturated carbocycles. The predicted octanol–water partition coefficient (Wildman–Crippen LogP) is 6.12. The first kappa shape index (κ1) is 18.7. The SMILES string of the molecule is O=C1c2ccccc2C(=O)N1c1cccc(-c2csc(Nc3ccc(Br)cc3)n2)c1. The Morgan fingerprint density at radius 1 is 0.867 bits per heavy atom. The van der Waals surface area contributed by atoms with Crippen LogP contribution in [0, 0.1) is 0 Å². The Hall–Kier alpha value is -3.29. The minimum absolute atomic E-state index is 0.302. The van der Waals surface area contributed by atoms with E-state index in [1.165, 1.54) is 16.2 Å². The van der Waals surface area contributed by atoms with Crippen molar-refractivity contribution in [2.75, 3.05) is 10.2 Å². The highest BCUT2D eigenvalue weighted by atomic mass is 79.9. The molecule has 1 aliphatic heterocycles. The van der Waals surface area contributed by atoms with Crippen LogP contribution in [0.3, 0.4) is 0 Å². The van der Waals surface area contributed by atoms with Crippen molar-refractivity contribution in [1.82, 2.24) is 4.98 Å². The van der Waals surface area contributed by atoms with E-state index in [1.807, 2.05) is 47.8 Å². The molecule has 5 rings (SSSR count). The predicted molar refractivity (Wildman–Crippen MR) is 123 cm³/mol. The van der Waals surface area contributed by atoms with E-state index in [0.717, 1.165) is 26.5 Å². The van der Waals surface area contributed by atoms with Gasteiger partial charge in [0.1, 0.15) is 0 Å². The lowest BCUT2D eigenvalue weighted by molar-refractivity contribution is 0.0926. The fourth-order valence-corrected chi connectivity index (χ4v) is 4.35. The standard InChI is InChI=1S/C23H14BrN3O2S/c24-15-8-10-16(11-9-15)25-23-26-20(13-30-23)14-4-3-5-17(12-14)27-21(28)18-6-1-2-7-19(18)22(27)29/h1-13H,(H,25,26). The molecule has 0 fully saturated rings. The molecule has 0 atom stereocenters. The van der Waals surface area contributed by atoms with Crippen molar-refractivity contribution in [3.8, 4) is 11.3 Å². The van der Waals surface area contributed by atoms with Crippen molar-refractivity contribution in [3.63, 3.8) is 0 Å². The number of anilines is 3. The van der Waals surface area contributed by atoms with Gasteiger partial charge >= 0.3 is 0 Å². The van der Waals surface area contributed by atoms with Crippen molar-refractivity contribution in [2.24, 2.45) is 0 Å². The number of amides is 2. The topological polar surface area (TPSA) is 62.3 Å². The summed E-state index contributed by atoms with van der Waals surface area (Å²) in [5.41, 5.74) is 3.96. The van der Waals surface area contributed by atoms with Crippen molar-refractivity contribution in [3.05, 3.63) is 93.8 Å². The molecule has 4 aromatic rings. The fraction of sp³-hybridized carbons (Fsp3) is 0. The van der Waals surface area contributed by atoms with E-state index in [9.17, 15) is 9.59 Å². The number of carbonyl (C=O) groups excluding carboxylic acids is 2. The Balaban J connectivity index is 1.42. The number of fused-ring (bicyclic) bond motifs is 1. The lowest BCUT2D eigenvalue weighted by atomic mass is 10.1. The van der Waals surface area contributed by atoms with Crippen LogP contribution in [0.1, 0.15) is 20.7 Å². The Morgan fingerprint density at radius 2 is 1.57 bits per heavy atom. The lowest BCUT2D eigenvalue weighted by Crippen LogP contribution is -2.29. The number of aromatic nitrogens is 1. The third-order valence-electron chi connectivity index (χ3n) is 4.79. The average Bonchev–Trinajstić information content (AvgIpc) is 3.33. The van der Waals surface area contributed by atoms with E-state index in [4.69, 9.17) is 0 Å². The van der Waals surface area contributed by atoms with Gasteiger partial charge < -0.3 is 5.32 Å². The van der Waals surface area contributed by atoms with Gasteiger partial charge in [0.15, 0.2) is 5.13 Å². The highest BCUT2D eigenvalue weighted by molar-refractivity contribution is 9.10. The number of benzene rings is 3. The summed E-state index contributed by atoms with van der Waals surface area (Å²) >= 11 is 4.92. The molecule has 2 amide bonds.